The number of fused-ring (bicyclic) bond motifs is 1. The van der Waals surface area contributed by atoms with Gasteiger partial charge in [0.05, 0.1) is 0 Å². The summed E-state index contributed by atoms with van der Waals surface area (Å²) in [4.78, 5) is 27.9. The molecule has 0 fully saturated rings. The molecule has 0 spiro atoms. The average Bonchev–Trinajstić information content (AvgIpc) is 3.42. The van der Waals surface area contributed by atoms with E-state index in [0.29, 0.717) is 17.7 Å². The van der Waals surface area contributed by atoms with Gasteiger partial charge in [-0.3, -0.25) is 15.0 Å². The van der Waals surface area contributed by atoms with Crippen LogP contribution in [-0.4, -0.2) is 36.6 Å². The zero-order chi connectivity index (χ0) is 24.2. The molecule has 1 unspecified atom stereocenters. The van der Waals surface area contributed by atoms with Gasteiger partial charge in [-0.25, -0.2) is 0 Å². The number of rotatable bonds is 6. The molecule has 0 aliphatic carbocycles. The Kier molecular flexibility index (Phi) is 6.45. The van der Waals surface area contributed by atoms with Crippen molar-refractivity contribution < 1.29 is 9.59 Å². The van der Waals surface area contributed by atoms with Gasteiger partial charge >= 0.3 is 0 Å². The second-order valence-corrected chi connectivity index (χ2v) is 8.92. The number of nitrogens with zero attached hydrogens (tertiary/aromatic N) is 2. The molecule has 35 heavy (non-hydrogen) atoms. The number of carbonyl (C=O) groups is 2. The molecule has 0 saturated carbocycles. The van der Waals surface area contributed by atoms with Crippen molar-refractivity contribution in [2.24, 2.45) is 5.10 Å². The number of amides is 2. The number of hydrazone groups is 1. The van der Waals surface area contributed by atoms with Crippen LogP contribution in [0.4, 0.5) is 5.69 Å². The van der Waals surface area contributed by atoms with Gasteiger partial charge in [-0.2, -0.15) is 5.10 Å². The van der Waals surface area contributed by atoms with E-state index in [1.807, 2.05) is 42.5 Å². The monoisotopic (exact) mass is 468 g/mol. The second kappa shape index (κ2) is 9.99. The molecular weight excluding hydrogens is 440 g/mol. The largest absolute Gasteiger partial charge is 0.350 e. The summed E-state index contributed by atoms with van der Waals surface area (Å²) in [7, 11) is 2.11. The summed E-state index contributed by atoms with van der Waals surface area (Å²) in [6.45, 7) is 2.26. The van der Waals surface area contributed by atoms with Crippen molar-refractivity contribution in [3.8, 4) is 0 Å². The Morgan fingerprint density at radius 2 is 1.83 bits per heavy atom. The molecule has 0 radical (unpaired) electrons. The summed E-state index contributed by atoms with van der Waals surface area (Å²) in [6, 6.07) is 20.8. The molecule has 2 aliphatic heterocycles. The maximum Gasteiger partial charge on any atom is 0.255 e. The number of carbonyl (C=O) groups excluding carboxylic acids is 2. The van der Waals surface area contributed by atoms with E-state index in [4.69, 9.17) is 0 Å². The molecular formula is C27H28N6O2. The van der Waals surface area contributed by atoms with Crippen molar-refractivity contribution in [2.75, 3.05) is 18.9 Å². The fourth-order valence-corrected chi connectivity index (χ4v) is 4.38. The summed E-state index contributed by atoms with van der Waals surface area (Å²) in [5.74, 6) is -0.353. The first kappa shape index (κ1) is 22.6. The Labute approximate surface area is 204 Å². The summed E-state index contributed by atoms with van der Waals surface area (Å²) in [5.41, 5.74) is 9.20. The Bertz CT molecular complexity index is 1280. The SMILES string of the molecule is CN1CCc2ccc(NC(=O)c3cccc(CNC(=O)c4cccc(C5NC=NN5)c4)c3)cc2C1. The third-order valence-corrected chi connectivity index (χ3v) is 6.30. The van der Waals surface area contributed by atoms with Gasteiger partial charge in [-0.15, -0.1) is 0 Å². The zero-order valence-corrected chi connectivity index (χ0v) is 19.5. The minimum absolute atomic E-state index is 0.144. The van der Waals surface area contributed by atoms with Gasteiger partial charge in [0.25, 0.3) is 11.8 Å². The highest BCUT2D eigenvalue weighted by Gasteiger charge is 2.16. The van der Waals surface area contributed by atoms with E-state index in [9.17, 15) is 9.59 Å². The van der Waals surface area contributed by atoms with Crippen LogP contribution in [0.2, 0.25) is 0 Å². The number of hydrogen-bond donors (Lipinski definition) is 4. The minimum Gasteiger partial charge on any atom is -0.350 e. The van der Waals surface area contributed by atoms with Gasteiger partial charge in [-0.1, -0.05) is 30.3 Å². The smallest absolute Gasteiger partial charge is 0.255 e. The lowest BCUT2D eigenvalue weighted by Crippen LogP contribution is -2.26. The van der Waals surface area contributed by atoms with Gasteiger partial charge in [0, 0.05) is 36.4 Å². The molecule has 2 heterocycles. The van der Waals surface area contributed by atoms with E-state index >= 15 is 0 Å². The molecule has 0 aromatic heterocycles. The van der Waals surface area contributed by atoms with Crippen LogP contribution in [0.5, 0.6) is 0 Å². The Hall–Kier alpha value is -4.17. The Morgan fingerprint density at radius 3 is 2.66 bits per heavy atom. The first-order chi connectivity index (χ1) is 17.0. The summed E-state index contributed by atoms with van der Waals surface area (Å²) < 4.78 is 0. The summed E-state index contributed by atoms with van der Waals surface area (Å²) >= 11 is 0. The number of anilines is 1. The summed E-state index contributed by atoms with van der Waals surface area (Å²) in [5, 5.41) is 13.0. The van der Waals surface area contributed by atoms with Gasteiger partial charge in [0.1, 0.15) is 12.5 Å². The lowest BCUT2D eigenvalue weighted by atomic mass is 9.99. The van der Waals surface area contributed by atoms with Gasteiger partial charge in [-0.05, 0) is 72.1 Å². The van der Waals surface area contributed by atoms with Crippen molar-refractivity contribution in [1.29, 1.82) is 0 Å². The fourth-order valence-electron chi connectivity index (χ4n) is 4.38. The van der Waals surface area contributed by atoms with Crippen LogP contribution in [0.25, 0.3) is 0 Å². The van der Waals surface area contributed by atoms with Gasteiger partial charge in [0.15, 0.2) is 0 Å². The third-order valence-electron chi connectivity index (χ3n) is 6.30. The maximum atomic E-state index is 12.9. The van der Waals surface area contributed by atoms with Crippen LogP contribution in [-0.2, 0) is 19.5 Å². The van der Waals surface area contributed by atoms with E-state index in [-0.39, 0.29) is 18.0 Å². The molecule has 0 saturated heterocycles. The molecule has 2 amide bonds. The lowest BCUT2D eigenvalue weighted by Gasteiger charge is -2.25. The Morgan fingerprint density at radius 1 is 1.00 bits per heavy atom. The highest BCUT2D eigenvalue weighted by molar-refractivity contribution is 6.04. The molecule has 2 aliphatic rings. The molecule has 8 nitrogen and oxygen atoms in total. The molecule has 0 bridgehead atoms. The first-order valence-electron chi connectivity index (χ1n) is 11.7. The zero-order valence-electron chi connectivity index (χ0n) is 19.5. The predicted octanol–water partition coefficient (Wildman–Crippen LogP) is 2.99. The van der Waals surface area contributed by atoms with Crippen LogP contribution in [0.15, 0.2) is 71.8 Å². The van der Waals surface area contributed by atoms with Crippen molar-refractivity contribution in [3.63, 3.8) is 0 Å². The number of nitrogens with one attached hydrogen (secondary N) is 4. The summed E-state index contributed by atoms with van der Waals surface area (Å²) in [6.07, 6.45) is 2.47. The van der Waals surface area contributed by atoms with Crippen LogP contribution >= 0.6 is 0 Å². The molecule has 3 aromatic rings. The normalized spacial score (nSPS) is 16.7. The van der Waals surface area contributed by atoms with Crippen molar-refractivity contribution in [2.45, 2.75) is 25.7 Å². The van der Waals surface area contributed by atoms with Crippen LogP contribution in [0.3, 0.4) is 0 Å². The van der Waals surface area contributed by atoms with E-state index in [2.05, 4.69) is 50.6 Å². The molecule has 178 valence electrons. The maximum absolute atomic E-state index is 12.9. The fraction of sp³-hybridized carbons (Fsp3) is 0.222. The quantitative estimate of drug-likeness (QED) is 0.446. The Balaban J connectivity index is 1.21. The third kappa shape index (κ3) is 5.33. The molecule has 3 aromatic carbocycles. The molecule has 4 N–H and O–H groups in total. The number of likely N-dealkylation sites (N-methyl/N-ethyl adjacent to an activating group) is 1. The second-order valence-electron chi connectivity index (χ2n) is 8.92. The highest BCUT2D eigenvalue weighted by Crippen LogP contribution is 2.22. The predicted molar refractivity (Wildman–Crippen MR) is 136 cm³/mol. The number of hydrogen-bond acceptors (Lipinski definition) is 6. The standard InChI is InChI=1S/C27H28N6O2/c1-33-11-10-19-8-9-24(14-23(19)16-33)31-27(35)21-6-2-4-18(12-21)15-28-26(34)22-7-3-5-20(13-22)25-29-17-30-32-25/h2-9,12-14,17,25,32H,10-11,15-16H2,1H3,(H,28,34)(H,29,30)(H,31,35). The minimum atomic E-state index is -0.181. The van der Waals surface area contributed by atoms with E-state index in [0.717, 1.165) is 36.3 Å². The van der Waals surface area contributed by atoms with Crippen molar-refractivity contribution in [1.82, 2.24) is 21.0 Å². The van der Waals surface area contributed by atoms with E-state index in [1.54, 1.807) is 18.5 Å². The highest BCUT2D eigenvalue weighted by atomic mass is 16.2. The van der Waals surface area contributed by atoms with Crippen LogP contribution in [0.1, 0.15) is 49.1 Å². The first-order valence-corrected chi connectivity index (χ1v) is 11.7. The molecule has 8 heteroatoms. The van der Waals surface area contributed by atoms with Crippen LogP contribution in [0, 0.1) is 0 Å². The number of benzene rings is 3. The molecule has 5 rings (SSSR count). The van der Waals surface area contributed by atoms with Crippen LogP contribution < -0.4 is 21.4 Å². The lowest BCUT2D eigenvalue weighted by molar-refractivity contribution is 0.0950. The van der Waals surface area contributed by atoms with E-state index < -0.39 is 0 Å². The topological polar surface area (TPSA) is 97.9 Å². The molecule has 1 atom stereocenters. The van der Waals surface area contributed by atoms with Gasteiger partial charge in [0.2, 0.25) is 0 Å². The van der Waals surface area contributed by atoms with Crippen molar-refractivity contribution >= 4 is 23.8 Å². The van der Waals surface area contributed by atoms with Crippen molar-refractivity contribution in [3.05, 3.63) is 100 Å². The average molecular weight is 469 g/mol. The van der Waals surface area contributed by atoms with E-state index in [1.165, 1.54) is 11.1 Å². The van der Waals surface area contributed by atoms with Gasteiger partial charge < -0.3 is 20.9 Å².